The van der Waals surface area contributed by atoms with Crippen molar-refractivity contribution in [2.45, 2.75) is 252 Å². The third-order valence-corrected chi connectivity index (χ3v) is 10.4. The normalized spacial score (nSPS) is 12.3. The van der Waals surface area contributed by atoms with E-state index < -0.39 is 6.10 Å². The fraction of sp³-hybridized carbons (Fsp3) is 0.820. The van der Waals surface area contributed by atoms with Crippen LogP contribution in [-0.2, 0) is 28.6 Å². The standard InChI is InChI=1S/C50H90O6/c1-4-7-10-13-16-19-21-23-24-25-27-28-31-34-37-40-43-49(52)55-46-47(45-54-48(51)42-39-36-33-30-18-15-12-9-6-3)56-50(53)44-41-38-35-32-29-26-22-20-17-14-11-8-5-2/h9,12,18,24-25,30,47H,4-8,10-11,13-17,19-23,26-29,31-46H2,1-3H3/b12-9-,25-24-,30-18-. The molecule has 0 fully saturated rings. The Morgan fingerprint density at radius 3 is 1.12 bits per heavy atom. The number of hydrogen-bond donors (Lipinski definition) is 0. The summed E-state index contributed by atoms with van der Waals surface area (Å²) in [6.07, 6.45) is 51.4. The van der Waals surface area contributed by atoms with Gasteiger partial charge in [-0.25, -0.2) is 0 Å². The van der Waals surface area contributed by atoms with E-state index in [0.29, 0.717) is 19.3 Å². The molecule has 0 radical (unpaired) electrons. The highest BCUT2D eigenvalue weighted by Crippen LogP contribution is 2.15. The van der Waals surface area contributed by atoms with Gasteiger partial charge in [0.05, 0.1) is 0 Å². The van der Waals surface area contributed by atoms with Gasteiger partial charge < -0.3 is 14.2 Å². The van der Waals surface area contributed by atoms with E-state index in [0.717, 1.165) is 77.0 Å². The zero-order valence-electron chi connectivity index (χ0n) is 37.2. The number of hydrogen-bond acceptors (Lipinski definition) is 6. The van der Waals surface area contributed by atoms with E-state index in [1.807, 2.05) is 0 Å². The van der Waals surface area contributed by atoms with Crippen molar-refractivity contribution in [3.8, 4) is 0 Å². The van der Waals surface area contributed by atoms with E-state index in [1.54, 1.807) is 0 Å². The number of esters is 3. The van der Waals surface area contributed by atoms with Gasteiger partial charge in [0, 0.05) is 19.3 Å². The zero-order valence-corrected chi connectivity index (χ0v) is 37.2. The molecule has 0 amide bonds. The molecule has 0 aliphatic rings. The average Bonchev–Trinajstić information content (AvgIpc) is 3.19. The molecule has 0 spiro atoms. The van der Waals surface area contributed by atoms with Crippen LogP contribution in [0.1, 0.15) is 245 Å². The van der Waals surface area contributed by atoms with Crippen molar-refractivity contribution in [2.75, 3.05) is 13.2 Å². The maximum Gasteiger partial charge on any atom is 0.306 e. The van der Waals surface area contributed by atoms with E-state index in [-0.39, 0.29) is 31.1 Å². The SMILES string of the molecule is CC/C=C\C/C=C\CCCCC(=O)OCC(COC(=O)CCCCCCC/C=C\CCCCCCCCC)OC(=O)CCCCCCCCCCCCCCC. The number of carbonyl (C=O) groups is 3. The Balaban J connectivity index is 4.34. The van der Waals surface area contributed by atoms with Gasteiger partial charge >= 0.3 is 17.9 Å². The lowest BCUT2D eigenvalue weighted by molar-refractivity contribution is -0.167. The molecule has 0 bridgehead atoms. The van der Waals surface area contributed by atoms with Crippen LogP contribution < -0.4 is 0 Å². The maximum atomic E-state index is 12.7. The van der Waals surface area contributed by atoms with Crippen molar-refractivity contribution in [1.82, 2.24) is 0 Å². The van der Waals surface area contributed by atoms with Gasteiger partial charge in [-0.2, -0.15) is 0 Å². The van der Waals surface area contributed by atoms with Gasteiger partial charge in [-0.15, -0.1) is 0 Å². The predicted octanol–water partition coefficient (Wildman–Crippen LogP) is 15.4. The highest BCUT2D eigenvalue weighted by Gasteiger charge is 2.19. The fourth-order valence-electron chi connectivity index (χ4n) is 6.77. The second-order valence-corrected chi connectivity index (χ2v) is 16.0. The summed E-state index contributed by atoms with van der Waals surface area (Å²) in [5.74, 6) is -0.925. The van der Waals surface area contributed by atoms with Gasteiger partial charge in [0.1, 0.15) is 13.2 Å². The van der Waals surface area contributed by atoms with Crippen LogP contribution >= 0.6 is 0 Å². The smallest absolute Gasteiger partial charge is 0.306 e. The van der Waals surface area contributed by atoms with Gasteiger partial charge in [0.25, 0.3) is 0 Å². The first-order valence-corrected chi connectivity index (χ1v) is 24.0. The monoisotopic (exact) mass is 787 g/mol. The third kappa shape index (κ3) is 42.8. The molecule has 1 atom stereocenters. The summed E-state index contributed by atoms with van der Waals surface area (Å²) in [4.78, 5) is 37.7. The summed E-state index contributed by atoms with van der Waals surface area (Å²) < 4.78 is 16.7. The maximum absolute atomic E-state index is 12.7. The number of rotatable bonds is 43. The second kappa shape index (κ2) is 45.3. The van der Waals surface area contributed by atoms with Crippen molar-refractivity contribution in [2.24, 2.45) is 0 Å². The van der Waals surface area contributed by atoms with Gasteiger partial charge in [-0.1, -0.05) is 192 Å². The molecule has 0 heterocycles. The first-order chi connectivity index (χ1) is 27.5. The lowest BCUT2D eigenvalue weighted by Gasteiger charge is -2.18. The van der Waals surface area contributed by atoms with Crippen LogP contribution in [0.4, 0.5) is 0 Å². The number of ether oxygens (including phenoxy) is 3. The molecule has 0 aliphatic carbocycles. The molecule has 56 heavy (non-hydrogen) atoms. The lowest BCUT2D eigenvalue weighted by Crippen LogP contribution is -2.30. The van der Waals surface area contributed by atoms with Crippen molar-refractivity contribution >= 4 is 17.9 Å². The summed E-state index contributed by atoms with van der Waals surface area (Å²) in [6, 6.07) is 0. The summed E-state index contributed by atoms with van der Waals surface area (Å²) in [6.45, 7) is 6.48. The van der Waals surface area contributed by atoms with Crippen molar-refractivity contribution in [3.63, 3.8) is 0 Å². The largest absolute Gasteiger partial charge is 0.462 e. The van der Waals surface area contributed by atoms with E-state index >= 15 is 0 Å². The van der Waals surface area contributed by atoms with Crippen LogP contribution in [0, 0.1) is 0 Å². The number of carbonyl (C=O) groups excluding carboxylic acids is 3. The van der Waals surface area contributed by atoms with Crippen molar-refractivity contribution in [3.05, 3.63) is 36.5 Å². The molecule has 0 N–H and O–H groups in total. The Labute approximate surface area is 346 Å². The van der Waals surface area contributed by atoms with Crippen LogP contribution in [0.2, 0.25) is 0 Å². The van der Waals surface area contributed by atoms with Crippen LogP contribution in [-0.4, -0.2) is 37.2 Å². The van der Waals surface area contributed by atoms with Crippen molar-refractivity contribution in [1.29, 1.82) is 0 Å². The predicted molar refractivity (Wildman–Crippen MR) is 238 cm³/mol. The van der Waals surface area contributed by atoms with Gasteiger partial charge in [-0.3, -0.25) is 14.4 Å². The topological polar surface area (TPSA) is 78.9 Å². The van der Waals surface area contributed by atoms with Crippen LogP contribution in [0.3, 0.4) is 0 Å². The van der Waals surface area contributed by atoms with Crippen LogP contribution in [0.5, 0.6) is 0 Å². The molecule has 0 aromatic rings. The summed E-state index contributed by atoms with van der Waals surface area (Å²) in [5.41, 5.74) is 0. The zero-order chi connectivity index (χ0) is 40.8. The fourth-order valence-corrected chi connectivity index (χ4v) is 6.77. The Bertz CT molecular complexity index is 953. The minimum atomic E-state index is -0.782. The first-order valence-electron chi connectivity index (χ1n) is 24.0. The van der Waals surface area contributed by atoms with Gasteiger partial charge in [-0.05, 0) is 70.6 Å². The van der Waals surface area contributed by atoms with Crippen molar-refractivity contribution < 1.29 is 28.6 Å². The Morgan fingerprint density at radius 1 is 0.375 bits per heavy atom. The molecule has 326 valence electrons. The molecule has 0 saturated carbocycles. The molecule has 0 aromatic heterocycles. The highest BCUT2D eigenvalue weighted by atomic mass is 16.6. The van der Waals surface area contributed by atoms with Crippen LogP contribution in [0.15, 0.2) is 36.5 Å². The molecule has 6 nitrogen and oxygen atoms in total. The Kier molecular flexibility index (Phi) is 43.4. The Hall–Kier alpha value is -2.37. The minimum Gasteiger partial charge on any atom is -0.462 e. The summed E-state index contributed by atoms with van der Waals surface area (Å²) in [7, 11) is 0. The Morgan fingerprint density at radius 2 is 0.696 bits per heavy atom. The highest BCUT2D eigenvalue weighted by molar-refractivity contribution is 5.71. The second-order valence-electron chi connectivity index (χ2n) is 16.0. The molecule has 0 saturated heterocycles. The van der Waals surface area contributed by atoms with E-state index in [1.165, 1.54) is 128 Å². The van der Waals surface area contributed by atoms with E-state index in [2.05, 4.69) is 57.2 Å². The molecule has 1 unspecified atom stereocenters. The number of unbranched alkanes of at least 4 members (excludes halogenated alkanes) is 26. The molecule has 6 heteroatoms. The number of allylic oxidation sites excluding steroid dienone is 6. The molecule has 0 aliphatic heterocycles. The average molecular weight is 787 g/mol. The van der Waals surface area contributed by atoms with E-state index in [4.69, 9.17) is 14.2 Å². The molecular formula is C50H90O6. The van der Waals surface area contributed by atoms with Gasteiger partial charge in [0.2, 0.25) is 0 Å². The summed E-state index contributed by atoms with van der Waals surface area (Å²) >= 11 is 0. The molecular weight excluding hydrogens is 697 g/mol. The minimum absolute atomic E-state index is 0.0844. The molecule has 0 aromatic carbocycles. The van der Waals surface area contributed by atoms with Crippen LogP contribution in [0.25, 0.3) is 0 Å². The third-order valence-electron chi connectivity index (χ3n) is 10.4. The molecule has 0 rings (SSSR count). The van der Waals surface area contributed by atoms with Gasteiger partial charge in [0.15, 0.2) is 6.10 Å². The quantitative estimate of drug-likeness (QED) is 0.0265. The summed E-state index contributed by atoms with van der Waals surface area (Å²) in [5, 5.41) is 0. The first kappa shape index (κ1) is 53.6. The van der Waals surface area contributed by atoms with E-state index in [9.17, 15) is 14.4 Å². The lowest BCUT2D eigenvalue weighted by atomic mass is 10.0.